The van der Waals surface area contributed by atoms with Crippen molar-refractivity contribution in [2.24, 2.45) is 7.05 Å². The molecule has 0 saturated heterocycles. The minimum absolute atomic E-state index is 0.793. The number of anilines is 1. The van der Waals surface area contributed by atoms with Gasteiger partial charge in [-0.3, -0.25) is 0 Å². The lowest BCUT2D eigenvalue weighted by Crippen LogP contribution is -2.27. The van der Waals surface area contributed by atoms with E-state index >= 15 is 0 Å². The smallest absolute Gasteiger partial charge is 0.241 e. The predicted molar refractivity (Wildman–Crippen MR) is 51.8 cm³/mol. The zero-order chi connectivity index (χ0) is 9.26. The van der Waals surface area contributed by atoms with Gasteiger partial charge in [-0.15, -0.1) is 0 Å². The predicted octanol–water partition coefficient (Wildman–Crippen LogP) is 1.09. The summed E-state index contributed by atoms with van der Waals surface area (Å²) in [5, 5.41) is 0. The van der Waals surface area contributed by atoms with Crippen LogP contribution < -0.4 is 10.3 Å². The number of aryl methyl sites for hydroxylation is 1. The molecule has 0 aliphatic rings. The molecule has 0 radical (unpaired) electrons. The Morgan fingerprint density at radius 1 is 1.23 bits per heavy atom. The largest absolute Gasteiger partial charge is 0.399 e. The number of aromatic nitrogens is 2. The van der Waals surface area contributed by atoms with Crippen LogP contribution in [0.2, 0.25) is 0 Å². The molecule has 0 bridgehead atoms. The number of nitrogens with two attached hydrogens (primary N) is 1. The lowest BCUT2D eigenvalue weighted by atomic mass is 10.1. The van der Waals surface area contributed by atoms with E-state index in [2.05, 4.69) is 4.98 Å². The second kappa shape index (κ2) is 2.94. The zero-order valence-corrected chi connectivity index (χ0v) is 7.49. The average molecular weight is 174 g/mol. The van der Waals surface area contributed by atoms with Crippen molar-refractivity contribution in [1.82, 2.24) is 4.98 Å². The number of hydrogen-bond acceptors (Lipinski definition) is 1. The van der Waals surface area contributed by atoms with Crippen LogP contribution in [0, 0.1) is 0 Å². The highest BCUT2D eigenvalue weighted by Crippen LogP contribution is 2.15. The Morgan fingerprint density at radius 3 is 2.46 bits per heavy atom. The van der Waals surface area contributed by atoms with Crippen LogP contribution in [0.3, 0.4) is 0 Å². The molecule has 0 fully saturated rings. The molecule has 3 nitrogen and oxygen atoms in total. The van der Waals surface area contributed by atoms with Crippen molar-refractivity contribution in [3.63, 3.8) is 0 Å². The molecule has 0 saturated carbocycles. The van der Waals surface area contributed by atoms with E-state index in [1.165, 1.54) is 0 Å². The molecule has 0 unspecified atom stereocenters. The van der Waals surface area contributed by atoms with Crippen molar-refractivity contribution >= 4 is 5.69 Å². The Kier molecular flexibility index (Phi) is 1.77. The summed E-state index contributed by atoms with van der Waals surface area (Å²) in [5.74, 6) is 0. The maximum atomic E-state index is 5.60. The van der Waals surface area contributed by atoms with E-state index in [4.69, 9.17) is 5.73 Å². The second-order valence-electron chi connectivity index (χ2n) is 3.06. The van der Waals surface area contributed by atoms with E-state index < -0.39 is 0 Å². The first-order valence-electron chi connectivity index (χ1n) is 4.16. The molecule has 1 aromatic carbocycles. The Balaban J connectivity index is 2.47. The molecule has 3 heteroatoms. The van der Waals surface area contributed by atoms with E-state index in [1.807, 2.05) is 48.4 Å². The van der Waals surface area contributed by atoms with Crippen LogP contribution in [0.5, 0.6) is 0 Å². The summed E-state index contributed by atoms with van der Waals surface area (Å²) in [6, 6.07) is 7.83. The van der Waals surface area contributed by atoms with Crippen LogP contribution in [-0.2, 0) is 7.05 Å². The molecule has 3 N–H and O–H groups in total. The van der Waals surface area contributed by atoms with Gasteiger partial charge in [0, 0.05) is 11.3 Å². The number of nitrogens with zero attached hydrogens (tertiary/aromatic N) is 1. The van der Waals surface area contributed by atoms with Gasteiger partial charge in [0.2, 0.25) is 6.33 Å². The fourth-order valence-electron chi connectivity index (χ4n) is 1.34. The van der Waals surface area contributed by atoms with Gasteiger partial charge in [-0.25, -0.2) is 9.55 Å². The summed E-state index contributed by atoms with van der Waals surface area (Å²) < 4.78 is 2.03. The van der Waals surface area contributed by atoms with Crippen LogP contribution in [0.25, 0.3) is 11.3 Å². The van der Waals surface area contributed by atoms with E-state index in [9.17, 15) is 0 Å². The fourth-order valence-corrected chi connectivity index (χ4v) is 1.34. The van der Waals surface area contributed by atoms with Crippen molar-refractivity contribution in [3.05, 3.63) is 36.8 Å². The maximum Gasteiger partial charge on any atom is 0.241 e. The number of imidazole rings is 1. The third-order valence-electron chi connectivity index (χ3n) is 2.07. The molecule has 1 heterocycles. The highest BCUT2D eigenvalue weighted by molar-refractivity contribution is 5.58. The highest BCUT2D eigenvalue weighted by atomic mass is 15.0. The minimum atomic E-state index is 0.793. The summed E-state index contributed by atoms with van der Waals surface area (Å²) in [7, 11) is 2.00. The molecular formula is C10H12N3+. The number of nitrogen functional groups attached to an aromatic ring is 1. The van der Waals surface area contributed by atoms with Crippen molar-refractivity contribution in [2.45, 2.75) is 0 Å². The summed E-state index contributed by atoms with van der Waals surface area (Å²) in [4.78, 5) is 3.04. The van der Waals surface area contributed by atoms with Gasteiger partial charge in [0.25, 0.3) is 0 Å². The second-order valence-corrected chi connectivity index (χ2v) is 3.06. The molecule has 2 aromatic rings. The van der Waals surface area contributed by atoms with Crippen LogP contribution in [0.1, 0.15) is 0 Å². The molecule has 1 aromatic heterocycles. The third-order valence-corrected chi connectivity index (χ3v) is 2.07. The maximum absolute atomic E-state index is 5.60. The number of aromatic amines is 1. The van der Waals surface area contributed by atoms with Crippen LogP contribution in [0.15, 0.2) is 36.8 Å². The third kappa shape index (κ3) is 1.40. The molecule has 0 atom stereocenters. The SMILES string of the molecule is C[n+]1c[nH]cc1-c1ccc(N)cc1. The van der Waals surface area contributed by atoms with Crippen molar-refractivity contribution in [3.8, 4) is 11.3 Å². The molecule has 2 rings (SSSR count). The van der Waals surface area contributed by atoms with Gasteiger partial charge in [-0.05, 0) is 24.3 Å². The van der Waals surface area contributed by atoms with Gasteiger partial charge >= 0.3 is 0 Å². The van der Waals surface area contributed by atoms with Gasteiger partial charge in [-0.1, -0.05) is 0 Å². The van der Waals surface area contributed by atoms with E-state index in [0.717, 1.165) is 16.9 Å². The number of H-pyrrole nitrogens is 1. The van der Waals surface area contributed by atoms with Gasteiger partial charge in [0.1, 0.15) is 6.20 Å². The Bertz CT molecular complexity index is 400. The summed E-state index contributed by atoms with van der Waals surface area (Å²) >= 11 is 0. The van der Waals surface area contributed by atoms with Crippen LogP contribution >= 0.6 is 0 Å². The standard InChI is InChI=1S/C10H11N3/c1-13-7-12-6-10(13)8-2-4-9(11)5-3-8/h2-7H,11H2,1H3/p+1. The molecule has 13 heavy (non-hydrogen) atoms. The lowest BCUT2D eigenvalue weighted by molar-refractivity contribution is -0.659. The number of nitrogens with one attached hydrogen (secondary N) is 1. The zero-order valence-electron chi connectivity index (χ0n) is 7.49. The van der Waals surface area contributed by atoms with Crippen molar-refractivity contribution in [2.75, 3.05) is 5.73 Å². The first-order chi connectivity index (χ1) is 6.27. The van der Waals surface area contributed by atoms with E-state index in [1.54, 1.807) is 0 Å². The van der Waals surface area contributed by atoms with E-state index in [-0.39, 0.29) is 0 Å². The van der Waals surface area contributed by atoms with Crippen LogP contribution in [-0.4, -0.2) is 4.98 Å². The number of hydrogen-bond donors (Lipinski definition) is 2. The Morgan fingerprint density at radius 2 is 1.92 bits per heavy atom. The first-order valence-corrected chi connectivity index (χ1v) is 4.16. The summed E-state index contributed by atoms with van der Waals surface area (Å²) in [6.07, 6.45) is 3.87. The van der Waals surface area contributed by atoms with Crippen LogP contribution in [0.4, 0.5) is 5.69 Å². The highest BCUT2D eigenvalue weighted by Gasteiger charge is 2.06. The molecule has 0 aliphatic heterocycles. The molecule has 0 spiro atoms. The van der Waals surface area contributed by atoms with Crippen molar-refractivity contribution < 1.29 is 4.57 Å². The van der Waals surface area contributed by atoms with Crippen molar-refractivity contribution in [1.29, 1.82) is 0 Å². The first kappa shape index (κ1) is 7.86. The minimum Gasteiger partial charge on any atom is -0.399 e. The molecular weight excluding hydrogens is 162 g/mol. The summed E-state index contributed by atoms with van der Waals surface area (Å²) in [6.45, 7) is 0. The number of rotatable bonds is 1. The average Bonchev–Trinajstić information content (AvgIpc) is 2.53. The Hall–Kier alpha value is -1.77. The topological polar surface area (TPSA) is 45.7 Å². The van der Waals surface area contributed by atoms with Gasteiger partial charge in [0.05, 0.1) is 7.05 Å². The molecule has 0 amide bonds. The van der Waals surface area contributed by atoms with E-state index in [0.29, 0.717) is 0 Å². The quantitative estimate of drug-likeness (QED) is 0.493. The Labute approximate surface area is 76.8 Å². The summed E-state index contributed by atoms with van der Waals surface area (Å²) in [5.41, 5.74) is 8.71. The lowest BCUT2D eigenvalue weighted by Gasteiger charge is -1.97. The van der Waals surface area contributed by atoms with Gasteiger partial charge in [-0.2, -0.15) is 0 Å². The van der Waals surface area contributed by atoms with Gasteiger partial charge in [0.15, 0.2) is 5.69 Å². The molecule has 66 valence electrons. The fraction of sp³-hybridized carbons (Fsp3) is 0.100. The monoisotopic (exact) mass is 174 g/mol. The normalized spacial score (nSPS) is 10.2. The van der Waals surface area contributed by atoms with Gasteiger partial charge < -0.3 is 5.73 Å². The molecule has 0 aliphatic carbocycles. The number of benzene rings is 1.